The molecule has 0 unspecified atom stereocenters. The van der Waals surface area contributed by atoms with E-state index in [0.29, 0.717) is 12.3 Å². The third kappa shape index (κ3) is 5.93. The second-order valence-electron chi connectivity index (χ2n) is 7.31. The van der Waals surface area contributed by atoms with Crippen molar-refractivity contribution in [3.63, 3.8) is 0 Å². The Kier molecular flexibility index (Phi) is 7.61. The summed E-state index contributed by atoms with van der Waals surface area (Å²) in [6.07, 6.45) is 0. The number of hydrogen-bond donors (Lipinski definition) is 0. The molecule has 0 aliphatic carbocycles. The van der Waals surface area contributed by atoms with Crippen LogP contribution in [0.25, 0.3) is 0 Å². The van der Waals surface area contributed by atoms with Gasteiger partial charge in [0.2, 0.25) is 15.9 Å². The van der Waals surface area contributed by atoms with Gasteiger partial charge in [0.1, 0.15) is 11.6 Å². The summed E-state index contributed by atoms with van der Waals surface area (Å²) in [5, 5.41) is 0. The number of carbonyl (C=O) groups excluding carboxylic acids is 1. The van der Waals surface area contributed by atoms with Gasteiger partial charge < -0.3 is 9.64 Å². The number of likely N-dealkylation sites (N-methyl/N-ethyl adjacent to an activating group) is 1. The molecule has 3 rings (SSSR count). The molecule has 0 aliphatic heterocycles. The summed E-state index contributed by atoms with van der Waals surface area (Å²) in [4.78, 5) is 14.3. The van der Waals surface area contributed by atoms with Crippen molar-refractivity contribution in [1.29, 1.82) is 0 Å². The summed E-state index contributed by atoms with van der Waals surface area (Å²) < 4.78 is 46.1. The molecule has 3 aromatic rings. The number of nitrogens with zero attached hydrogens (tertiary/aromatic N) is 2. The monoisotopic (exact) mass is 456 g/mol. The van der Waals surface area contributed by atoms with E-state index < -0.39 is 15.8 Å². The normalized spacial score (nSPS) is 11.4. The van der Waals surface area contributed by atoms with Crippen molar-refractivity contribution in [1.82, 2.24) is 9.21 Å². The third-order valence-corrected chi connectivity index (χ3v) is 6.78. The number of hydrogen-bond acceptors (Lipinski definition) is 4. The minimum atomic E-state index is -4.02. The van der Waals surface area contributed by atoms with Gasteiger partial charge in [-0.25, -0.2) is 12.8 Å². The molecule has 3 aromatic carbocycles. The number of carbonyl (C=O) groups is 1. The maximum absolute atomic E-state index is 13.3. The summed E-state index contributed by atoms with van der Waals surface area (Å²) in [7, 11) is -0.824. The van der Waals surface area contributed by atoms with E-state index in [9.17, 15) is 17.6 Å². The molecular weight excluding hydrogens is 431 g/mol. The number of rotatable bonds is 9. The number of sulfonamides is 1. The van der Waals surface area contributed by atoms with Gasteiger partial charge in [-0.3, -0.25) is 4.79 Å². The molecule has 0 aliphatic rings. The standard InChI is InChI=1S/C24H25FN2O4S/c1-26(16-20-8-12-22(31-2)13-9-20)24(28)18-27(17-19-6-4-3-5-7-19)32(29,30)23-14-10-21(25)11-15-23/h3-15H,16-18H2,1-2H3. The zero-order chi connectivity index (χ0) is 23.1. The molecule has 0 bridgehead atoms. The van der Waals surface area contributed by atoms with Crippen LogP contribution in [0, 0.1) is 5.82 Å². The minimum Gasteiger partial charge on any atom is -0.497 e. The lowest BCUT2D eigenvalue weighted by atomic mass is 10.2. The number of benzene rings is 3. The maximum atomic E-state index is 13.3. The van der Waals surface area contributed by atoms with E-state index in [4.69, 9.17) is 4.74 Å². The molecule has 0 spiro atoms. The molecule has 0 aromatic heterocycles. The highest BCUT2D eigenvalue weighted by molar-refractivity contribution is 7.89. The van der Waals surface area contributed by atoms with Gasteiger partial charge in [0, 0.05) is 20.1 Å². The second kappa shape index (κ2) is 10.4. The molecule has 0 atom stereocenters. The van der Waals surface area contributed by atoms with E-state index in [2.05, 4.69) is 0 Å². The van der Waals surface area contributed by atoms with Gasteiger partial charge in [-0.15, -0.1) is 0 Å². The molecule has 1 amide bonds. The fourth-order valence-corrected chi connectivity index (χ4v) is 4.51. The quantitative estimate of drug-likeness (QED) is 0.493. The van der Waals surface area contributed by atoms with Crippen LogP contribution in [0.2, 0.25) is 0 Å². The predicted molar refractivity (Wildman–Crippen MR) is 120 cm³/mol. The molecule has 6 nitrogen and oxygen atoms in total. The summed E-state index contributed by atoms with van der Waals surface area (Å²) in [5.41, 5.74) is 1.63. The fourth-order valence-electron chi connectivity index (χ4n) is 3.13. The lowest BCUT2D eigenvalue weighted by Gasteiger charge is -2.25. The van der Waals surface area contributed by atoms with Gasteiger partial charge in [-0.2, -0.15) is 4.31 Å². The van der Waals surface area contributed by atoms with Gasteiger partial charge in [-0.1, -0.05) is 42.5 Å². The van der Waals surface area contributed by atoms with Crippen LogP contribution in [0.4, 0.5) is 4.39 Å². The molecule has 0 heterocycles. The van der Waals surface area contributed by atoms with Crippen LogP contribution < -0.4 is 4.74 Å². The first-order chi connectivity index (χ1) is 15.3. The van der Waals surface area contributed by atoms with Crippen molar-refractivity contribution in [3.05, 3.63) is 95.8 Å². The van der Waals surface area contributed by atoms with E-state index in [-0.39, 0.29) is 23.9 Å². The van der Waals surface area contributed by atoms with Crippen molar-refractivity contribution in [2.24, 2.45) is 0 Å². The molecule has 0 radical (unpaired) electrons. The first-order valence-electron chi connectivity index (χ1n) is 9.96. The Morgan fingerprint density at radius 3 is 2.06 bits per heavy atom. The second-order valence-corrected chi connectivity index (χ2v) is 9.25. The fraction of sp³-hybridized carbons (Fsp3) is 0.208. The average molecular weight is 457 g/mol. The van der Waals surface area contributed by atoms with Crippen LogP contribution in [-0.2, 0) is 27.9 Å². The van der Waals surface area contributed by atoms with E-state index in [1.807, 2.05) is 18.2 Å². The Morgan fingerprint density at radius 2 is 1.47 bits per heavy atom. The molecule has 0 fully saturated rings. The summed E-state index contributed by atoms with van der Waals surface area (Å²) in [6, 6.07) is 20.9. The van der Waals surface area contributed by atoms with Crippen molar-refractivity contribution >= 4 is 15.9 Å². The zero-order valence-electron chi connectivity index (χ0n) is 17.9. The Bertz CT molecular complexity index is 1130. The van der Waals surface area contributed by atoms with E-state index >= 15 is 0 Å². The summed E-state index contributed by atoms with van der Waals surface area (Å²) >= 11 is 0. The summed E-state index contributed by atoms with van der Waals surface area (Å²) in [6.45, 7) is -0.0114. The molecule has 168 valence electrons. The van der Waals surface area contributed by atoms with Gasteiger partial charge >= 0.3 is 0 Å². The first kappa shape index (κ1) is 23.4. The van der Waals surface area contributed by atoms with Crippen LogP contribution in [-0.4, -0.2) is 44.2 Å². The third-order valence-electron chi connectivity index (χ3n) is 4.97. The summed E-state index contributed by atoms with van der Waals surface area (Å²) in [5.74, 6) is -0.182. The van der Waals surface area contributed by atoms with Crippen molar-refractivity contribution in [3.8, 4) is 5.75 Å². The maximum Gasteiger partial charge on any atom is 0.243 e. The van der Waals surface area contributed by atoms with Crippen LogP contribution >= 0.6 is 0 Å². The van der Waals surface area contributed by atoms with Crippen molar-refractivity contribution < 1.29 is 22.3 Å². The molecule has 0 saturated carbocycles. The molecule has 0 N–H and O–H groups in total. The molecular formula is C24H25FN2O4S. The number of ether oxygens (including phenoxy) is 1. The Morgan fingerprint density at radius 1 is 0.875 bits per heavy atom. The molecule has 8 heteroatoms. The predicted octanol–water partition coefficient (Wildman–Crippen LogP) is 3.68. The van der Waals surface area contributed by atoms with Crippen LogP contribution in [0.1, 0.15) is 11.1 Å². The van der Waals surface area contributed by atoms with Gasteiger partial charge in [0.15, 0.2) is 0 Å². The van der Waals surface area contributed by atoms with Crippen LogP contribution in [0.3, 0.4) is 0 Å². The average Bonchev–Trinajstić information content (AvgIpc) is 2.80. The number of methoxy groups -OCH3 is 1. The van der Waals surface area contributed by atoms with Gasteiger partial charge in [0.05, 0.1) is 18.6 Å². The van der Waals surface area contributed by atoms with E-state index in [1.54, 1.807) is 50.6 Å². The van der Waals surface area contributed by atoms with Gasteiger partial charge in [-0.05, 0) is 47.5 Å². The SMILES string of the molecule is COc1ccc(CN(C)C(=O)CN(Cc2ccccc2)S(=O)(=O)c2ccc(F)cc2)cc1. The van der Waals surface area contributed by atoms with Crippen molar-refractivity contribution in [2.75, 3.05) is 20.7 Å². The molecule has 32 heavy (non-hydrogen) atoms. The first-order valence-corrected chi connectivity index (χ1v) is 11.4. The van der Waals surface area contributed by atoms with Crippen LogP contribution in [0.15, 0.2) is 83.8 Å². The lowest BCUT2D eigenvalue weighted by molar-refractivity contribution is -0.130. The van der Waals surface area contributed by atoms with E-state index in [1.165, 1.54) is 17.0 Å². The highest BCUT2D eigenvalue weighted by Crippen LogP contribution is 2.20. The highest BCUT2D eigenvalue weighted by atomic mass is 32.2. The van der Waals surface area contributed by atoms with E-state index in [0.717, 1.165) is 27.6 Å². The lowest BCUT2D eigenvalue weighted by Crippen LogP contribution is -2.40. The van der Waals surface area contributed by atoms with Gasteiger partial charge in [0.25, 0.3) is 0 Å². The largest absolute Gasteiger partial charge is 0.497 e. The number of halogens is 1. The Hall–Kier alpha value is -3.23. The topological polar surface area (TPSA) is 66.9 Å². The minimum absolute atomic E-state index is 0.0165. The highest BCUT2D eigenvalue weighted by Gasteiger charge is 2.28. The smallest absolute Gasteiger partial charge is 0.243 e. The number of amides is 1. The molecule has 0 saturated heterocycles. The Balaban J connectivity index is 1.80. The van der Waals surface area contributed by atoms with Crippen LogP contribution in [0.5, 0.6) is 5.75 Å². The zero-order valence-corrected chi connectivity index (χ0v) is 18.8. The van der Waals surface area contributed by atoms with Crippen molar-refractivity contribution in [2.45, 2.75) is 18.0 Å². The Labute approximate surface area is 187 Å².